The summed E-state index contributed by atoms with van der Waals surface area (Å²) < 4.78 is 1.76. The van der Waals surface area contributed by atoms with Crippen LogP contribution in [0.15, 0.2) is 66.0 Å². The van der Waals surface area contributed by atoms with Gasteiger partial charge in [-0.15, -0.1) is 11.3 Å². The molecule has 30 heavy (non-hydrogen) atoms. The molecule has 0 saturated carbocycles. The number of hydrogen-bond acceptors (Lipinski definition) is 7. The minimum atomic E-state index is 0.605. The number of nitrogens with two attached hydrogens (primary N) is 1. The molecule has 0 radical (unpaired) electrons. The molecule has 0 amide bonds. The first-order valence-electron chi connectivity index (χ1n) is 8.94. The maximum absolute atomic E-state index is 6.19. The molecule has 0 fully saturated rings. The molecule has 0 spiro atoms. The third kappa shape index (κ3) is 3.45. The molecular weight excluding hydrogens is 436 g/mol. The van der Waals surface area contributed by atoms with Gasteiger partial charge in [-0.1, -0.05) is 24.2 Å². The number of anilines is 2. The van der Waals surface area contributed by atoms with Gasteiger partial charge >= 0.3 is 0 Å². The SMILES string of the molecule is C=C(Nc1nc(-c2ccsc2)nc2c1cnn2-c1cccc(Cl)c1)c1ccc(N)s1. The fraction of sp³-hybridized carbons (Fsp3) is 0. The number of aromatic nitrogens is 4. The smallest absolute Gasteiger partial charge is 0.169 e. The highest BCUT2D eigenvalue weighted by Gasteiger charge is 2.17. The van der Waals surface area contributed by atoms with Crippen molar-refractivity contribution in [3.8, 4) is 17.1 Å². The number of halogens is 1. The van der Waals surface area contributed by atoms with Gasteiger partial charge in [0.25, 0.3) is 0 Å². The zero-order valence-corrected chi connectivity index (χ0v) is 17.9. The summed E-state index contributed by atoms with van der Waals surface area (Å²) >= 11 is 9.25. The van der Waals surface area contributed by atoms with E-state index in [9.17, 15) is 0 Å². The molecule has 0 aliphatic rings. The quantitative estimate of drug-likeness (QED) is 0.347. The average molecular weight is 451 g/mol. The van der Waals surface area contributed by atoms with Gasteiger partial charge in [0, 0.05) is 21.7 Å². The standard InChI is InChI=1S/C21H15ClN6S2/c1-12(17-5-6-18(23)30-17)25-20-16-10-24-28(15-4-2-3-14(22)9-15)21(16)27-19(26-20)13-7-8-29-11-13/h2-11H,1,23H2,(H,25,26,27). The van der Waals surface area contributed by atoms with E-state index < -0.39 is 0 Å². The molecule has 5 aromatic rings. The van der Waals surface area contributed by atoms with E-state index in [0.29, 0.717) is 28.0 Å². The number of nitrogen functional groups attached to an aromatic ring is 1. The normalized spacial score (nSPS) is 11.1. The first-order valence-corrected chi connectivity index (χ1v) is 11.1. The second-order valence-corrected chi connectivity index (χ2v) is 8.82. The van der Waals surface area contributed by atoms with Crippen LogP contribution in [0.4, 0.5) is 10.8 Å². The highest BCUT2D eigenvalue weighted by atomic mass is 35.5. The summed E-state index contributed by atoms with van der Waals surface area (Å²) in [5.74, 6) is 1.24. The first kappa shape index (κ1) is 18.8. The Morgan fingerprint density at radius 1 is 1.17 bits per heavy atom. The summed E-state index contributed by atoms with van der Waals surface area (Å²) in [5.41, 5.74) is 9.02. The van der Waals surface area contributed by atoms with Gasteiger partial charge in [-0.05, 0) is 41.8 Å². The molecule has 1 aromatic carbocycles. The van der Waals surface area contributed by atoms with E-state index in [1.54, 1.807) is 22.2 Å². The number of benzene rings is 1. The van der Waals surface area contributed by atoms with Crippen molar-refractivity contribution < 1.29 is 0 Å². The molecule has 0 atom stereocenters. The topological polar surface area (TPSA) is 81.7 Å². The molecule has 0 unspecified atom stereocenters. The van der Waals surface area contributed by atoms with Gasteiger partial charge < -0.3 is 11.1 Å². The summed E-state index contributed by atoms with van der Waals surface area (Å²) in [6.07, 6.45) is 1.74. The van der Waals surface area contributed by atoms with Crippen LogP contribution in [0.1, 0.15) is 4.88 Å². The molecule has 4 heterocycles. The Hall–Kier alpha value is -3.20. The summed E-state index contributed by atoms with van der Waals surface area (Å²) in [7, 11) is 0. The second-order valence-electron chi connectivity index (χ2n) is 6.49. The van der Waals surface area contributed by atoms with E-state index >= 15 is 0 Å². The van der Waals surface area contributed by atoms with Crippen molar-refractivity contribution in [1.82, 2.24) is 19.7 Å². The monoisotopic (exact) mass is 450 g/mol. The van der Waals surface area contributed by atoms with Crippen LogP contribution in [-0.2, 0) is 0 Å². The molecule has 6 nitrogen and oxygen atoms in total. The van der Waals surface area contributed by atoms with Crippen molar-refractivity contribution in [2.45, 2.75) is 0 Å². The van der Waals surface area contributed by atoms with E-state index in [1.165, 1.54) is 11.3 Å². The minimum absolute atomic E-state index is 0.605. The number of nitrogens with zero attached hydrogens (tertiary/aromatic N) is 4. The first-order chi connectivity index (χ1) is 14.6. The second kappa shape index (κ2) is 7.56. The van der Waals surface area contributed by atoms with E-state index in [1.807, 2.05) is 53.2 Å². The lowest BCUT2D eigenvalue weighted by Gasteiger charge is -2.10. The number of rotatable bonds is 5. The van der Waals surface area contributed by atoms with Gasteiger partial charge in [0.2, 0.25) is 0 Å². The van der Waals surface area contributed by atoms with E-state index in [4.69, 9.17) is 27.3 Å². The lowest BCUT2D eigenvalue weighted by Crippen LogP contribution is -2.03. The van der Waals surface area contributed by atoms with Crippen LogP contribution in [0.3, 0.4) is 0 Å². The number of thiophene rings is 2. The van der Waals surface area contributed by atoms with Crippen LogP contribution in [-0.4, -0.2) is 19.7 Å². The van der Waals surface area contributed by atoms with Crippen molar-refractivity contribution in [2.75, 3.05) is 11.1 Å². The Balaban J connectivity index is 1.66. The average Bonchev–Trinajstić information content (AvgIpc) is 3.48. The molecule has 5 rings (SSSR count). The fourth-order valence-corrected chi connectivity index (χ4v) is 4.56. The van der Waals surface area contributed by atoms with Crippen LogP contribution >= 0.6 is 34.3 Å². The summed E-state index contributed by atoms with van der Waals surface area (Å²) in [6, 6.07) is 13.3. The molecule has 0 saturated heterocycles. The molecule has 9 heteroatoms. The predicted molar refractivity (Wildman–Crippen MR) is 126 cm³/mol. The minimum Gasteiger partial charge on any atom is -0.391 e. The Labute approximate surface area is 185 Å². The molecule has 3 N–H and O–H groups in total. The van der Waals surface area contributed by atoms with Crippen LogP contribution in [0.5, 0.6) is 0 Å². The lowest BCUT2D eigenvalue weighted by atomic mass is 10.3. The van der Waals surface area contributed by atoms with E-state index in [-0.39, 0.29) is 0 Å². The van der Waals surface area contributed by atoms with Crippen LogP contribution in [0, 0.1) is 0 Å². The Morgan fingerprint density at radius 2 is 2.07 bits per heavy atom. The number of nitrogens with one attached hydrogen (secondary N) is 1. The van der Waals surface area contributed by atoms with Gasteiger partial charge in [0.1, 0.15) is 5.82 Å². The zero-order chi connectivity index (χ0) is 20.7. The van der Waals surface area contributed by atoms with Gasteiger partial charge in [-0.3, -0.25) is 0 Å². The molecule has 4 aromatic heterocycles. The highest BCUT2D eigenvalue weighted by molar-refractivity contribution is 7.16. The number of fused-ring (bicyclic) bond motifs is 1. The zero-order valence-electron chi connectivity index (χ0n) is 15.5. The Bertz CT molecular complexity index is 1370. The molecule has 0 aliphatic carbocycles. The highest BCUT2D eigenvalue weighted by Crippen LogP contribution is 2.31. The fourth-order valence-electron chi connectivity index (χ4n) is 3.04. The maximum atomic E-state index is 6.19. The Kier molecular flexibility index (Phi) is 4.74. The van der Waals surface area contributed by atoms with Gasteiger partial charge in [0.15, 0.2) is 11.5 Å². The van der Waals surface area contributed by atoms with Gasteiger partial charge in [-0.2, -0.15) is 16.4 Å². The molecular formula is C21H15ClN6S2. The van der Waals surface area contributed by atoms with Crippen LogP contribution in [0.25, 0.3) is 33.8 Å². The van der Waals surface area contributed by atoms with Crippen molar-refractivity contribution in [2.24, 2.45) is 0 Å². The summed E-state index contributed by atoms with van der Waals surface area (Å²) in [6.45, 7) is 4.15. The predicted octanol–water partition coefficient (Wildman–Crippen LogP) is 5.92. The Morgan fingerprint density at radius 3 is 2.80 bits per heavy atom. The van der Waals surface area contributed by atoms with Gasteiger partial charge in [-0.25, -0.2) is 14.6 Å². The van der Waals surface area contributed by atoms with E-state index in [0.717, 1.165) is 26.5 Å². The third-order valence-corrected chi connectivity index (χ3v) is 6.35. The van der Waals surface area contributed by atoms with Crippen molar-refractivity contribution in [1.29, 1.82) is 0 Å². The molecule has 148 valence electrons. The van der Waals surface area contributed by atoms with E-state index in [2.05, 4.69) is 17.0 Å². The number of hydrogen-bond donors (Lipinski definition) is 2. The lowest BCUT2D eigenvalue weighted by molar-refractivity contribution is 0.896. The molecule has 0 aliphatic heterocycles. The largest absolute Gasteiger partial charge is 0.391 e. The maximum Gasteiger partial charge on any atom is 0.169 e. The van der Waals surface area contributed by atoms with Crippen LogP contribution < -0.4 is 11.1 Å². The third-order valence-electron chi connectivity index (χ3n) is 4.45. The van der Waals surface area contributed by atoms with Crippen molar-refractivity contribution in [3.63, 3.8) is 0 Å². The summed E-state index contributed by atoms with van der Waals surface area (Å²) in [5, 5.41) is 14.0. The van der Waals surface area contributed by atoms with Crippen molar-refractivity contribution >= 4 is 61.8 Å². The van der Waals surface area contributed by atoms with Gasteiger partial charge in [0.05, 0.1) is 27.1 Å². The molecule has 0 bridgehead atoms. The summed E-state index contributed by atoms with van der Waals surface area (Å²) in [4.78, 5) is 10.5. The van der Waals surface area contributed by atoms with Crippen LogP contribution in [0.2, 0.25) is 5.02 Å². The van der Waals surface area contributed by atoms with Crippen molar-refractivity contribution in [3.05, 3.63) is 75.9 Å².